The molecule has 0 bridgehead atoms. The van der Waals surface area contributed by atoms with Gasteiger partial charge in [-0.3, -0.25) is 0 Å². The fraction of sp³-hybridized carbons (Fsp3) is 0.273. The number of rotatable bonds is 7. The van der Waals surface area contributed by atoms with Crippen LogP contribution in [-0.4, -0.2) is 54.6 Å². The van der Waals surface area contributed by atoms with E-state index in [4.69, 9.17) is 21.1 Å². The van der Waals surface area contributed by atoms with E-state index in [1.165, 1.54) is 0 Å². The van der Waals surface area contributed by atoms with Gasteiger partial charge in [0.25, 0.3) is 0 Å². The van der Waals surface area contributed by atoms with E-state index in [9.17, 15) is 0 Å². The summed E-state index contributed by atoms with van der Waals surface area (Å²) in [5.74, 6) is 2.05. The lowest BCUT2D eigenvalue weighted by Crippen LogP contribution is -2.37. The van der Waals surface area contributed by atoms with Crippen LogP contribution >= 0.6 is 11.6 Å². The Morgan fingerprint density at radius 1 is 1.06 bits per heavy atom. The average molecular weight is 454 g/mol. The van der Waals surface area contributed by atoms with Gasteiger partial charge in [0.1, 0.15) is 5.75 Å². The summed E-state index contributed by atoms with van der Waals surface area (Å²) in [5, 5.41) is 8.14. The van der Waals surface area contributed by atoms with Crippen LogP contribution in [0.1, 0.15) is 11.1 Å². The Bertz CT molecular complexity index is 1090. The lowest BCUT2D eigenvalue weighted by molar-refractivity contribution is 0.122. The fourth-order valence-electron chi connectivity index (χ4n) is 3.03. The van der Waals surface area contributed by atoms with Gasteiger partial charge in [-0.25, -0.2) is 5.43 Å². The van der Waals surface area contributed by atoms with E-state index in [1.54, 1.807) is 13.3 Å². The van der Waals surface area contributed by atoms with Gasteiger partial charge in [0.15, 0.2) is 0 Å². The molecule has 0 radical (unpaired) electrons. The molecular weight excluding hydrogens is 430 g/mol. The zero-order valence-corrected chi connectivity index (χ0v) is 18.6. The van der Waals surface area contributed by atoms with Gasteiger partial charge in [-0.05, 0) is 54.4 Å². The molecule has 10 heteroatoms. The summed E-state index contributed by atoms with van der Waals surface area (Å²) in [6.07, 6.45) is 1.69. The van der Waals surface area contributed by atoms with Crippen molar-refractivity contribution in [2.24, 2.45) is 5.10 Å². The van der Waals surface area contributed by atoms with E-state index in [2.05, 4.69) is 35.7 Å². The largest absolute Gasteiger partial charge is 0.497 e. The highest BCUT2D eigenvalue weighted by atomic mass is 35.5. The molecule has 1 aliphatic rings. The molecule has 0 amide bonds. The Morgan fingerprint density at radius 3 is 2.53 bits per heavy atom. The Balaban J connectivity index is 1.55. The third kappa shape index (κ3) is 5.63. The molecule has 9 nitrogen and oxygen atoms in total. The molecule has 1 fully saturated rings. The first-order chi connectivity index (χ1) is 15.6. The van der Waals surface area contributed by atoms with Gasteiger partial charge >= 0.3 is 0 Å². The number of aromatic nitrogens is 3. The Morgan fingerprint density at radius 2 is 1.81 bits per heavy atom. The van der Waals surface area contributed by atoms with E-state index in [1.807, 2.05) is 49.4 Å². The third-order valence-corrected chi connectivity index (χ3v) is 5.25. The highest BCUT2D eigenvalue weighted by molar-refractivity contribution is 6.31. The zero-order chi connectivity index (χ0) is 22.3. The molecule has 0 aliphatic carbocycles. The number of nitrogens with zero attached hydrogens (tertiary/aromatic N) is 5. The minimum Gasteiger partial charge on any atom is -0.497 e. The van der Waals surface area contributed by atoms with Crippen molar-refractivity contribution in [2.45, 2.75) is 6.92 Å². The molecule has 2 N–H and O–H groups in total. The zero-order valence-electron chi connectivity index (χ0n) is 17.9. The van der Waals surface area contributed by atoms with E-state index in [-0.39, 0.29) is 0 Å². The van der Waals surface area contributed by atoms with Crippen LogP contribution in [-0.2, 0) is 4.74 Å². The molecule has 1 aliphatic heterocycles. The van der Waals surface area contributed by atoms with Crippen LogP contribution in [0.5, 0.6) is 5.75 Å². The summed E-state index contributed by atoms with van der Waals surface area (Å²) in [6.45, 7) is 4.61. The van der Waals surface area contributed by atoms with E-state index in [0.29, 0.717) is 49.2 Å². The summed E-state index contributed by atoms with van der Waals surface area (Å²) >= 11 is 6.26. The molecule has 1 saturated heterocycles. The third-order valence-electron chi connectivity index (χ3n) is 4.84. The number of ether oxygens (including phenoxy) is 2. The topological polar surface area (TPSA) is 96.8 Å². The first kappa shape index (κ1) is 21.8. The molecule has 0 spiro atoms. The molecule has 32 heavy (non-hydrogen) atoms. The van der Waals surface area contributed by atoms with Gasteiger partial charge in [0, 0.05) is 23.8 Å². The van der Waals surface area contributed by atoms with Gasteiger partial charge in [-0.15, -0.1) is 0 Å². The van der Waals surface area contributed by atoms with Crippen molar-refractivity contribution in [3.8, 4) is 5.75 Å². The van der Waals surface area contributed by atoms with E-state index >= 15 is 0 Å². The molecular formula is C22H24ClN7O2. The molecule has 1 aromatic heterocycles. The van der Waals surface area contributed by atoms with Crippen LogP contribution in [0.15, 0.2) is 47.6 Å². The minimum absolute atomic E-state index is 0.326. The van der Waals surface area contributed by atoms with Crippen molar-refractivity contribution < 1.29 is 9.47 Å². The van der Waals surface area contributed by atoms with Crippen LogP contribution < -0.4 is 20.4 Å². The first-order valence-electron chi connectivity index (χ1n) is 10.2. The molecule has 2 aromatic carbocycles. The molecule has 0 unspecified atom stereocenters. The summed E-state index contributed by atoms with van der Waals surface area (Å²) in [6, 6.07) is 13.3. The Kier molecular flexibility index (Phi) is 6.98. The second kappa shape index (κ2) is 10.3. The number of benzene rings is 2. The monoisotopic (exact) mass is 453 g/mol. The predicted molar refractivity (Wildman–Crippen MR) is 127 cm³/mol. The summed E-state index contributed by atoms with van der Waals surface area (Å²) < 4.78 is 10.6. The van der Waals surface area contributed by atoms with E-state index in [0.717, 1.165) is 22.6 Å². The summed E-state index contributed by atoms with van der Waals surface area (Å²) in [5.41, 5.74) is 5.59. The van der Waals surface area contributed by atoms with Crippen molar-refractivity contribution in [3.63, 3.8) is 0 Å². The van der Waals surface area contributed by atoms with Gasteiger partial charge < -0.3 is 19.7 Å². The van der Waals surface area contributed by atoms with Crippen LogP contribution in [0, 0.1) is 6.92 Å². The number of morpholine rings is 1. The van der Waals surface area contributed by atoms with E-state index < -0.39 is 0 Å². The highest BCUT2D eigenvalue weighted by Gasteiger charge is 2.17. The van der Waals surface area contributed by atoms with Gasteiger partial charge in [0.2, 0.25) is 17.8 Å². The van der Waals surface area contributed by atoms with Crippen LogP contribution in [0.25, 0.3) is 0 Å². The van der Waals surface area contributed by atoms with Crippen LogP contribution in [0.4, 0.5) is 23.5 Å². The molecule has 166 valence electrons. The second-order valence-electron chi connectivity index (χ2n) is 7.11. The molecule has 2 heterocycles. The number of hydrogen-bond acceptors (Lipinski definition) is 9. The molecule has 4 rings (SSSR count). The lowest BCUT2D eigenvalue weighted by Gasteiger charge is -2.27. The van der Waals surface area contributed by atoms with Crippen molar-refractivity contribution >= 4 is 41.3 Å². The van der Waals surface area contributed by atoms with Gasteiger partial charge in [-0.1, -0.05) is 17.7 Å². The van der Waals surface area contributed by atoms with Crippen LogP contribution in [0.3, 0.4) is 0 Å². The van der Waals surface area contributed by atoms with Gasteiger partial charge in [-0.2, -0.15) is 20.1 Å². The lowest BCUT2D eigenvalue weighted by atomic mass is 10.2. The van der Waals surface area contributed by atoms with Crippen LogP contribution in [0.2, 0.25) is 5.02 Å². The number of hydrazone groups is 1. The predicted octanol–water partition coefficient (Wildman–Crippen LogP) is 3.87. The SMILES string of the molecule is COc1ccc(C=NNc2nc(Nc3ccc(C)c(Cl)c3)nc(N3CCOCC3)n2)cc1. The molecule has 0 atom stereocenters. The number of halogens is 1. The summed E-state index contributed by atoms with van der Waals surface area (Å²) in [7, 11) is 1.63. The number of hydrogen-bond donors (Lipinski definition) is 2. The minimum atomic E-state index is 0.326. The standard InChI is InChI=1S/C22H24ClN7O2/c1-15-3-6-17(13-19(15)23)25-20-26-21(28-22(27-20)30-9-11-32-12-10-30)29-24-14-16-4-7-18(31-2)8-5-16/h3-8,13-14H,9-12H2,1-2H3,(H2,25,26,27,28,29). The quantitative estimate of drug-likeness (QED) is 0.411. The number of aryl methyl sites for hydroxylation is 1. The van der Waals surface area contributed by atoms with Crippen molar-refractivity contribution in [2.75, 3.05) is 49.1 Å². The molecule has 0 saturated carbocycles. The number of nitrogens with one attached hydrogen (secondary N) is 2. The maximum Gasteiger partial charge on any atom is 0.250 e. The maximum atomic E-state index is 6.26. The normalized spacial score (nSPS) is 13.9. The summed E-state index contributed by atoms with van der Waals surface area (Å²) in [4.78, 5) is 15.6. The highest BCUT2D eigenvalue weighted by Crippen LogP contribution is 2.23. The first-order valence-corrected chi connectivity index (χ1v) is 10.5. The Hall–Kier alpha value is -3.43. The number of anilines is 4. The Labute approximate surface area is 191 Å². The molecule has 3 aromatic rings. The van der Waals surface area contributed by atoms with Crippen molar-refractivity contribution in [1.82, 2.24) is 15.0 Å². The van der Waals surface area contributed by atoms with Crippen molar-refractivity contribution in [3.05, 3.63) is 58.6 Å². The number of methoxy groups -OCH3 is 1. The van der Waals surface area contributed by atoms with Crippen molar-refractivity contribution in [1.29, 1.82) is 0 Å². The average Bonchev–Trinajstić information content (AvgIpc) is 2.82. The van der Waals surface area contributed by atoms with Gasteiger partial charge in [0.05, 0.1) is 26.5 Å². The maximum absolute atomic E-state index is 6.26. The fourth-order valence-corrected chi connectivity index (χ4v) is 3.21. The second-order valence-corrected chi connectivity index (χ2v) is 7.52. The smallest absolute Gasteiger partial charge is 0.250 e.